The number of quaternary nitrogens is 1. The summed E-state index contributed by atoms with van der Waals surface area (Å²) < 4.78 is 30.3. The molecule has 0 bridgehead atoms. The van der Waals surface area contributed by atoms with Crippen molar-refractivity contribution in [3.05, 3.63) is 97.2 Å². The summed E-state index contributed by atoms with van der Waals surface area (Å²) in [6.45, 7) is 6.70. The first kappa shape index (κ1) is 75.9. The third-order valence-corrected chi connectivity index (χ3v) is 15.0. The van der Waals surface area contributed by atoms with E-state index in [1.807, 2.05) is 33.3 Å². The molecular weight excluding hydrogens is 1000 g/mol. The van der Waals surface area contributed by atoms with Crippen molar-refractivity contribution in [1.82, 2.24) is 5.32 Å². The van der Waals surface area contributed by atoms with Crippen molar-refractivity contribution >= 4 is 19.7 Å². The summed E-state index contributed by atoms with van der Waals surface area (Å²) in [6.07, 6.45) is 78.1. The van der Waals surface area contributed by atoms with Crippen molar-refractivity contribution in [3.63, 3.8) is 0 Å². The minimum atomic E-state index is -4.71. The number of hydrogen-bond donors (Lipinski definition) is 1. The molecule has 3 unspecified atom stereocenters. The molecule has 9 nitrogen and oxygen atoms in total. The molecule has 0 aliphatic carbocycles. The number of rotatable bonds is 58. The topological polar surface area (TPSA) is 114 Å². The first-order valence-electron chi connectivity index (χ1n) is 32.5. The van der Waals surface area contributed by atoms with Crippen molar-refractivity contribution in [2.45, 2.75) is 290 Å². The van der Waals surface area contributed by atoms with Gasteiger partial charge in [-0.05, 0) is 109 Å². The first-order valence-corrected chi connectivity index (χ1v) is 34.0. The maximum atomic E-state index is 13.5. The van der Waals surface area contributed by atoms with E-state index >= 15 is 0 Å². The second-order valence-electron chi connectivity index (χ2n) is 22.9. The third-order valence-electron chi connectivity index (χ3n) is 14.0. The van der Waals surface area contributed by atoms with Gasteiger partial charge in [0.1, 0.15) is 19.3 Å². The molecule has 0 saturated heterocycles. The van der Waals surface area contributed by atoms with Gasteiger partial charge in [-0.3, -0.25) is 14.2 Å². The smallest absolute Gasteiger partial charge is 0.306 e. The Bertz CT molecular complexity index is 1670. The monoisotopic (exact) mass is 1120 g/mol. The second kappa shape index (κ2) is 58.1. The highest BCUT2D eigenvalue weighted by Crippen LogP contribution is 2.38. The average Bonchev–Trinajstić information content (AvgIpc) is 3.41. The lowest BCUT2D eigenvalue weighted by Gasteiger charge is -2.30. The number of nitrogens with zero attached hydrogens (tertiary/aromatic N) is 1. The van der Waals surface area contributed by atoms with Crippen LogP contribution in [0.15, 0.2) is 97.2 Å². The highest BCUT2D eigenvalue weighted by atomic mass is 31.2. The van der Waals surface area contributed by atoms with E-state index in [1.165, 1.54) is 135 Å². The van der Waals surface area contributed by atoms with Gasteiger partial charge < -0.3 is 28.5 Å². The number of amides is 1. The number of phosphoric acid groups is 1. The van der Waals surface area contributed by atoms with E-state index in [9.17, 15) is 19.0 Å². The molecule has 0 aliphatic heterocycles. The maximum absolute atomic E-state index is 13.5. The summed E-state index contributed by atoms with van der Waals surface area (Å²) in [4.78, 5) is 40.0. The first-order chi connectivity index (χ1) is 38.4. The molecular formula is C69H123N2O7P. The number of hydrogen-bond acceptors (Lipinski definition) is 7. The van der Waals surface area contributed by atoms with Gasteiger partial charge in [-0.2, -0.15) is 0 Å². The number of allylic oxidation sites excluding steroid dienone is 15. The van der Waals surface area contributed by atoms with Gasteiger partial charge in [-0.25, -0.2) is 0 Å². The molecule has 0 saturated carbocycles. The van der Waals surface area contributed by atoms with Crippen LogP contribution in [0.4, 0.5) is 0 Å². The Hall–Kier alpha value is -3.07. The number of phosphoric ester groups is 1. The Labute approximate surface area is 488 Å². The Balaban J connectivity index is 5.22. The van der Waals surface area contributed by atoms with Crippen LogP contribution in [0, 0.1) is 0 Å². The van der Waals surface area contributed by atoms with Crippen molar-refractivity contribution in [1.29, 1.82) is 0 Å². The molecule has 0 fully saturated rings. The fraction of sp³-hybridized carbons (Fsp3) is 0.739. The predicted octanol–water partition coefficient (Wildman–Crippen LogP) is 19.7. The van der Waals surface area contributed by atoms with E-state index < -0.39 is 26.6 Å². The number of carbonyl (C=O) groups is 2. The van der Waals surface area contributed by atoms with Crippen LogP contribution in [-0.2, 0) is 27.9 Å². The van der Waals surface area contributed by atoms with Gasteiger partial charge in [0, 0.05) is 12.8 Å². The fourth-order valence-electron chi connectivity index (χ4n) is 8.99. The van der Waals surface area contributed by atoms with Gasteiger partial charge in [0.2, 0.25) is 5.91 Å². The van der Waals surface area contributed by atoms with Crippen molar-refractivity contribution in [3.8, 4) is 0 Å². The molecule has 1 N–H and O–H groups in total. The van der Waals surface area contributed by atoms with Crippen LogP contribution in [0.3, 0.4) is 0 Å². The van der Waals surface area contributed by atoms with Crippen molar-refractivity contribution < 1.29 is 37.3 Å². The zero-order chi connectivity index (χ0) is 57.9. The highest BCUT2D eigenvalue weighted by molar-refractivity contribution is 7.45. The standard InChI is InChI=1S/C69H123N2O7P/c1-7-10-13-16-19-22-25-27-29-31-33-34-35-36-38-39-41-43-46-49-52-55-58-61-68(72)70-66(65-77-79(74,75)76-64-63-71(4,5)6)67(60-57-54-51-48-45-24-21-18-15-12-9-3)78-69(73)62-59-56-53-50-47-44-42-40-37-32-30-28-26-23-20-17-14-11-8-2/h10,13,19,22,27-30,33-34,36,38,41,43,57,60,66-67H,7-9,11-12,14-18,20-21,23-26,31-32,35,37,39-40,42,44-56,58-59,61-65H2,1-6H3,(H-,70,72,74,75)/b13-10-,22-19-,29-27-,30-28+,34-33-,38-36-,43-41-,60-57-. The number of ether oxygens (including phenoxy) is 1. The summed E-state index contributed by atoms with van der Waals surface area (Å²) in [6, 6.07) is -0.908. The molecule has 0 aliphatic rings. The zero-order valence-corrected chi connectivity index (χ0v) is 52.9. The second-order valence-corrected chi connectivity index (χ2v) is 24.3. The molecule has 3 atom stereocenters. The van der Waals surface area contributed by atoms with Crippen LogP contribution in [-0.4, -0.2) is 69.4 Å². The SMILES string of the molecule is CC/C=C\C/C=C\C/C=C\C/C=C\C/C=C\C/C=C\CCCCCCC(=O)NC(COP(=O)([O-])OCC[N+](C)(C)C)C(/C=C\CCCCCCCCCCC)OC(=O)CCCCCCCCCCC/C=C/CCCCCCCC. The average molecular weight is 1120 g/mol. The molecule has 10 heteroatoms. The molecule has 79 heavy (non-hydrogen) atoms. The number of unbranched alkanes of at least 4 members (excludes halogenated alkanes) is 28. The highest BCUT2D eigenvalue weighted by Gasteiger charge is 2.27. The minimum Gasteiger partial charge on any atom is -0.756 e. The summed E-state index contributed by atoms with van der Waals surface area (Å²) in [5.74, 6) is -0.573. The lowest BCUT2D eigenvalue weighted by atomic mass is 10.0. The summed E-state index contributed by atoms with van der Waals surface area (Å²) >= 11 is 0. The van der Waals surface area contributed by atoms with Crippen molar-refractivity contribution in [2.24, 2.45) is 0 Å². The van der Waals surface area contributed by atoms with E-state index in [-0.39, 0.29) is 31.3 Å². The zero-order valence-electron chi connectivity index (χ0n) is 52.1. The fourth-order valence-corrected chi connectivity index (χ4v) is 9.71. The van der Waals surface area contributed by atoms with Crippen LogP contribution < -0.4 is 10.2 Å². The normalized spacial score (nSPS) is 14.3. The quantitative estimate of drug-likeness (QED) is 0.0212. The van der Waals surface area contributed by atoms with Gasteiger partial charge >= 0.3 is 5.97 Å². The van der Waals surface area contributed by atoms with Gasteiger partial charge in [0.25, 0.3) is 7.82 Å². The molecule has 0 heterocycles. The van der Waals surface area contributed by atoms with Crippen LogP contribution in [0.25, 0.3) is 0 Å². The van der Waals surface area contributed by atoms with Crippen LogP contribution in [0.5, 0.6) is 0 Å². The molecule has 0 rings (SSSR count). The summed E-state index contributed by atoms with van der Waals surface area (Å²) in [5, 5.41) is 3.02. The van der Waals surface area contributed by atoms with Gasteiger partial charge in [0.15, 0.2) is 0 Å². The van der Waals surface area contributed by atoms with Gasteiger partial charge in [-0.15, -0.1) is 0 Å². The number of nitrogens with one attached hydrogen (secondary N) is 1. The van der Waals surface area contributed by atoms with E-state index in [2.05, 4.69) is 111 Å². The third kappa shape index (κ3) is 59.4. The summed E-state index contributed by atoms with van der Waals surface area (Å²) in [5.41, 5.74) is 0. The van der Waals surface area contributed by atoms with Crippen LogP contribution >= 0.6 is 7.82 Å². The predicted molar refractivity (Wildman–Crippen MR) is 339 cm³/mol. The molecule has 456 valence electrons. The molecule has 0 radical (unpaired) electrons. The Morgan fingerprint density at radius 3 is 1.23 bits per heavy atom. The number of carbonyl (C=O) groups excluding carboxylic acids is 2. The Morgan fingerprint density at radius 2 is 0.810 bits per heavy atom. The Morgan fingerprint density at radius 1 is 0.456 bits per heavy atom. The van der Waals surface area contributed by atoms with Crippen LogP contribution in [0.1, 0.15) is 278 Å². The lowest BCUT2D eigenvalue weighted by molar-refractivity contribution is -0.870. The molecule has 0 aromatic rings. The van der Waals surface area contributed by atoms with Crippen molar-refractivity contribution in [2.75, 3.05) is 40.9 Å². The number of esters is 1. The lowest BCUT2D eigenvalue weighted by Crippen LogP contribution is -2.47. The number of likely N-dealkylation sites (N-methyl/N-ethyl adjacent to an activating group) is 1. The van der Waals surface area contributed by atoms with E-state index in [0.717, 1.165) is 103 Å². The van der Waals surface area contributed by atoms with E-state index in [1.54, 1.807) is 0 Å². The largest absolute Gasteiger partial charge is 0.756 e. The minimum absolute atomic E-state index is 0.0320. The maximum Gasteiger partial charge on any atom is 0.306 e. The molecule has 0 spiro atoms. The van der Waals surface area contributed by atoms with Gasteiger partial charge in [-0.1, -0.05) is 253 Å². The van der Waals surface area contributed by atoms with E-state index in [4.69, 9.17) is 13.8 Å². The Kier molecular flexibility index (Phi) is 55.9. The van der Waals surface area contributed by atoms with Gasteiger partial charge in [0.05, 0.1) is 33.8 Å². The molecule has 0 aromatic carbocycles. The molecule has 0 aromatic heterocycles. The van der Waals surface area contributed by atoms with Crippen LogP contribution in [0.2, 0.25) is 0 Å². The molecule has 1 amide bonds. The van der Waals surface area contributed by atoms with E-state index in [0.29, 0.717) is 17.4 Å². The summed E-state index contributed by atoms with van der Waals surface area (Å²) in [7, 11) is 1.16.